The number of hydrogen-bond acceptors (Lipinski definition) is 2. The molecule has 136 valence electrons. The van der Waals surface area contributed by atoms with E-state index in [1.165, 1.54) is 17.0 Å². The molecule has 0 atom stereocenters. The fourth-order valence-electron chi connectivity index (χ4n) is 2.66. The molecule has 0 radical (unpaired) electrons. The highest BCUT2D eigenvalue weighted by atomic mass is 35.5. The van der Waals surface area contributed by atoms with Crippen molar-refractivity contribution in [1.82, 2.24) is 14.5 Å². The van der Waals surface area contributed by atoms with Crippen LogP contribution < -0.4 is 0 Å². The Bertz CT molecular complexity index is 778. The Morgan fingerprint density at radius 1 is 1.24 bits per heavy atom. The van der Waals surface area contributed by atoms with Gasteiger partial charge in [0.1, 0.15) is 6.33 Å². The standard InChI is InChI=1S/C17H19ClF3N3O/c1-5-24(16(2,3)4)15(25)13-14(17(19,20)21)23(10-22-13)12-9-7-6-8-11(12)18/h6-10H,5H2,1-4H3. The van der Waals surface area contributed by atoms with Crippen LogP contribution in [0.4, 0.5) is 13.2 Å². The highest BCUT2D eigenvalue weighted by molar-refractivity contribution is 6.32. The van der Waals surface area contributed by atoms with Crippen LogP contribution in [0.3, 0.4) is 0 Å². The average Bonchev–Trinajstić information content (AvgIpc) is 2.91. The zero-order valence-electron chi connectivity index (χ0n) is 14.4. The molecule has 0 bridgehead atoms. The van der Waals surface area contributed by atoms with E-state index < -0.39 is 29.0 Å². The molecule has 1 heterocycles. The minimum absolute atomic E-state index is 0.113. The molecule has 25 heavy (non-hydrogen) atoms. The predicted molar refractivity (Wildman–Crippen MR) is 90.0 cm³/mol. The highest BCUT2D eigenvalue weighted by Gasteiger charge is 2.42. The number of rotatable bonds is 3. The summed E-state index contributed by atoms with van der Waals surface area (Å²) < 4.78 is 41.9. The quantitative estimate of drug-likeness (QED) is 0.774. The van der Waals surface area contributed by atoms with E-state index in [2.05, 4.69) is 4.98 Å². The molecule has 0 N–H and O–H groups in total. The maximum absolute atomic E-state index is 13.7. The Morgan fingerprint density at radius 2 is 1.84 bits per heavy atom. The lowest BCUT2D eigenvalue weighted by Gasteiger charge is -2.34. The molecule has 8 heteroatoms. The minimum atomic E-state index is -4.77. The molecule has 2 rings (SSSR count). The summed E-state index contributed by atoms with van der Waals surface area (Å²) in [5, 5.41) is 0.132. The lowest BCUT2D eigenvalue weighted by molar-refractivity contribution is -0.142. The van der Waals surface area contributed by atoms with Gasteiger partial charge in [0.05, 0.1) is 10.7 Å². The minimum Gasteiger partial charge on any atom is -0.333 e. The molecule has 0 saturated carbocycles. The number of halogens is 4. The fourth-order valence-corrected chi connectivity index (χ4v) is 2.88. The van der Waals surface area contributed by atoms with Gasteiger partial charge in [-0.1, -0.05) is 23.7 Å². The van der Waals surface area contributed by atoms with E-state index in [0.717, 1.165) is 10.9 Å². The summed E-state index contributed by atoms with van der Waals surface area (Å²) in [4.78, 5) is 17.9. The molecule has 0 unspecified atom stereocenters. The Balaban J connectivity index is 2.66. The van der Waals surface area contributed by atoms with Gasteiger partial charge in [0, 0.05) is 12.1 Å². The lowest BCUT2D eigenvalue weighted by atomic mass is 10.1. The maximum Gasteiger partial charge on any atom is 0.434 e. The topological polar surface area (TPSA) is 38.1 Å². The summed E-state index contributed by atoms with van der Waals surface area (Å²) in [7, 11) is 0. The van der Waals surface area contributed by atoms with Crippen molar-refractivity contribution in [2.75, 3.05) is 6.54 Å². The second-order valence-electron chi connectivity index (χ2n) is 6.48. The van der Waals surface area contributed by atoms with Gasteiger partial charge < -0.3 is 4.90 Å². The highest BCUT2D eigenvalue weighted by Crippen LogP contribution is 2.36. The third kappa shape index (κ3) is 3.81. The molecule has 0 aliphatic carbocycles. The zero-order chi connectivity index (χ0) is 19.0. The third-order valence-corrected chi connectivity index (χ3v) is 4.04. The normalized spacial score (nSPS) is 12.3. The first-order valence-electron chi connectivity index (χ1n) is 7.70. The van der Waals surface area contributed by atoms with Gasteiger partial charge in [-0.05, 0) is 39.8 Å². The monoisotopic (exact) mass is 373 g/mol. The number of nitrogens with zero attached hydrogens (tertiary/aromatic N) is 3. The van der Waals surface area contributed by atoms with Gasteiger partial charge in [-0.3, -0.25) is 9.36 Å². The largest absolute Gasteiger partial charge is 0.434 e. The van der Waals surface area contributed by atoms with Crippen molar-refractivity contribution in [1.29, 1.82) is 0 Å². The van der Waals surface area contributed by atoms with Gasteiger partial charge >= 0.3 is 6.18 Å². The predicted octanol–water partition coefficient (Wildman–Crippen LogP) is 4.81. The summed E-state index contributed by atoms with van der Waals surface area (Å²) in [5.74, 6) is -0.770. The first-order chi connectivity index (χ1) is 11.5. The van der Waals surface area contributed by atoms with Crippen LogP contribution >= 0.6 is 11.6 Å². The summed E-state index contributed by atoms with van der Waals surface area (Å²) in [5.41, 5.74) is -2.29. The second-order valence-corrected chi connectivity index (χ2v) is 6.89. The fraction of sp³-hybridized carbons (Fsp3) is 0.412. The Kier molecular flexibility index (Phi) is 5.18. The van der Waals surface area contributed by atoms with Crippen molar-refractivity contribution < 1.29 is 18.0 Å². The average molecular weight is 374 g/mol. The Labute approximate surface area is 149 Å². The summed E-state index contributed by atoms with van der Waals surface area (Å²) in [6.45, 7) is 7.24. The van der Waals surface area contributed by atoms with Crippen LogP contribution in [0, 0.1) is 0 Å². The number of carbonyl (C=O) groups excluding carboxylic acids is 1. The SMILES string of the molecule is CCN(C(=O)c1ncn(-c2ccccc2Cl)c1C(F)(F)F)C(C)(C)C. The number of benzene rings is 1. The van der Waals surface area contributed by atoms with Crippen LogP contribution in [0.25, 0.3) is 5.69 Å². The van der Waals surface area contributed by atoms with E-state index in [-0.39, 0.29) is 17.3 Å². The zero-order valence-corrected chi connectivity index (χ0v) is 15.1. The number of alkyl halides is 3. The first-order valence-corrected chi connectivity index (χ1v) is 8.07. The van der Waals surface area contributed by atoms with Crippen LogP contribution in [0.15, 0.2) is 30.6 Å². The molecule has 0 aliphatic rings. The lowest BCUT2D eigenvalue weighted by Crippen LogP contribution is -2.46. The summed E-state index contributed by atoms with van der Waals surface area (Å²) in [6.07, 6.45) is -3.79. The second kappa shape index (κ2) is 6.71. The first kappa shape index (κ1) is 19.3. The third-order valence-electron chi connectivity index (χ3n) is 3.72. The molecule has 1 amide bonds. The Morgan fingerprint density at radius 3 is 2.32 bits per heavy atom. The summed E-state index contributed by atoms with van der Waals surface area (Å²) >= 11 is 6.02. The molecule has 0 aliphatic heterocycles. The number of hydrogen-bond donors (Lipinski definition) is 0. The molecule has 0 saturated heterocycles. The molecule has 0 fully saturated rings. The van der Waals surface area contributed by atoms with Gasteiger partial charge in [0.25, 0.3) is 5.91 Å². The Hall–Kier alpha value is -2.02. The smallest absolute Gasteiger partial charge is 0.333 e. The van der Waals surface area contributed by atoms with Gasteiger partial charge in [0.2, 0.25) is 0 Å². The van der Waals surface area contributed by atoms with E-state index in [9.17, 15) is 18.0 Å². The molecular weight excluding hydrogens is 355 g/mol. The maximum atomic E-state index is 13.7. The van der Waals surface area contributed by atoms with Crippen molar-refractivity contribution in [3.63, 3.8) is 0 Å². The van der Waals surface area contributed by atoms with Gasteiger partial charge in [-0.2, -0.15) is 13.2 Å². The van der Waals surface area contributed by atoms with Gasteiger partial charge in [0.15, 0.2) is 11.4 Å². The number of imidazole rings is 1. The molecular formula is C17H19ClF3N3O. The van der Waals surface area contributed by atoms with Crippen LogP contribution in [0.5, 0.6) is 0 Å². The molecule has 4 nitrogen and oxygen atoms in total. The van der Waals surface area contributed by atoms with Crippen molar-refractivity contribution in [2.24, 2.45) is 0 Å². The van der Waals surface area contributed by atoms with E-state index in [1.54, 1.807) is 39.8 Å². The van der Waals surface area contributed by atoms with Crippen LogP contribution in [0.2, 0.25) is 5.02 Å². The summed E-state index contributed by atoms with van der Waals surface area (Å²) in [6, 6.07) is 6.10. The van der Waals surface area contributed by atoms with Crippen molar-refractivity contribution in [3.8, 4) is 5.69 Å². The molecule has 0 spiro atoms. The molecule has 2 aromatic rings. The van der Waals surface area contributed by atoms with Crippen LogP contribution in [0.1, 0.15) is 43.9 Å². The number of amides is 1. The van der Waals surface area contributed by atoms with Crippen LogP contribution in [-0.4, -0.2) is 32.4 Å². The van der Waals surface area contributed by atoms with Crippen LogP contribution in [-0.2, 0) is 6.18 Å². The van der Waals surface area contributed by atoms with E-state index >= 15 is 0 Å². The van der Waals surface area contributed by atoms with Gasteiger partial charge in [-0.15, -0.1) is 0 Å². The molecule has 1 aromatic carbocycles. The number of carbonyl (C=O) groups is 1. The van der Waals surface area contributed by atoms with Crippen molar-refractivity contribution >= 4 is 17.5 Å². The number of aromatic nitrogens is 2. The molecule has 1 aromatic heterocycles. The van der Waals surface area contributed by atoms with E-state index in [0.29, 0.717) is 0 Å². The van der Waals surface area contributed by atoms with E-state index in [1.807, 2.05) is 0 Å². The number of para-hydroxylation sites is 1. The van der Waals surface area contributed by atoms with E-state index in [4.69, 9.17) is 11.6 Å². The van der Waals surface area contributed by atoms with Crippen molar-refractivity contribution in [3.05, 3.63) is 47.0 Å². The van der Waals surface area contributed by atoms with Gasteiger partial charge in [-0.25, -0.2) is 4.98 Å². The van der Waals surface area contributed by atoms with Crippen molar-refractivity contribution in [2.45, 2.75) is 39.4 Å².